The molecule has 0 fully saturated rings. The molecule has 3 aromatic rings. The fraction of sp³-hybridized carbons (Fsp3) is 0.211. The molecule has 1 atom stereocenters. The molecule has 5 nitrogen and oxygen atoms in total. The Labute approximate surface area is 144 Å². The number of nitrogens with zero attached hydrogens (tertiary/aromatic N) is 3. The zero-order valence-corrected chi connectivity index (χ0v) is 13.8. The smallest absolute Gasteiger partial charge is 0.308 e. The minimum Gasteiger partial charge on any atom is -0.481 e. The van der Waals surface area contributed by atoms with Gasteiger partial charge in [0.2, 0.25) is 0 Å². The topological polar surface area (TPSA) is 68.0 Å². The Balaban J connectivity index is 2.05. The third-order valence-corrected chi connectivity index (χ3v) is 4.12. The minimum absolute atomic E-state index is 0.283. The van der Waals surface area contributed by atoms with Gasteiger partial charge in [0.1, 0.15) is 11.5 Å². The molecule has 0 aliphatic rings. The van der Waals surface area contributed by atoms with Gasteiger partial charge in [-0.15, -0.1) is 0 Å². The van der Waals surface area contributed by atoms with Crippen LogP contribution in [0.2, 0.25) is 0 Å². The SMILES string of the molecule is CCC(Cn1cc(-c2ccncc2)c(-c2ccc(F)cc2)n1)C(=O)O. The van der Waals surface area contributed by atoms with Crippen molar-refractivity contribution < 1.29 is 14.3 Å². The molecular weight excluding hydrogens is 321 g/mol. The summed E-state index contributed by atoms with van der Waals surface area (Å²) in [6, 6.07) is 9.84. The van der Waals surface area contributed by atoms with E-state index in [1.54, 1.807) is 29.2 Å². The van der Waals surface area contributed by atoms with Crippen LogP contribution in [0.3, 0.4) is 0 Å². The summed E-state index contributed by atoms with van der Waals surface area (Å²) in [6.07, 6.45) is 5.73. The van der Waals surface area contributed by atoms with Crippen molar-refractivity contribution in [1.29, 1.82) is 0 Å². The summed E-state index contributed by atoms with van der Waals surface area (Å²) in [5.41, 5.74) is 3.24. The Morgan fingerprint density at radius 3 is 2.44 bits per heavy atom. The molecule has 2 aromatic heterocycles. The monoisotopic (exact) mass is 339 g/mol. The highest BCUT2D eigenvalue weighted by Crippen LogP contribution is 2.31. The van der Waals surface area contributed by atoms with Crippen LogP contribution < -0.4 is 0 Å². The molecular formula is C19H18FN3O2. The molecule has 0 bridgehead atoms. The molecule has 3 rings (SSSR count). The number of rotatable bonds is 6. The van der Waals surface area contributed by atoms with E-state index in [9.17, 15) is 14.3 Å². The molecule has 128 valence electrons. The number of benzene rings is 1. The predicted molar refractivity (Wildman–Crippen MR) is 92.3 cm³/mol. The van der Waals surface area contributed by atoms with Crippen LogP contribution in [0.5, 0.6) is 0 Å². The number of carboxylic acid groups (broad SMARTS) is 1. The first-order valence-corrected chi connectivity index (χ1v) is 8.05. The lowest BCUT2D eigenvalue weighted by atomic mass is 10.0. The second kappa shape index (κ2) is 7.25. The zero-order valence-electron chi connectivity index (χ0n) is 13.8. The van der Waals surface area contributed by atoms with Crippen LogP contribution in [-0.4, -0.2) is 25.8 Å². The summed E-state index contributed by atoms with van der Waals surface area (Å²) in [4.78, 5) is 15.3. The first-order valence-electron chi connectivity index (χ1n) is 8.05. The second-order valence-corrected chi connectivity index (χ2v) is 5.80. The quantitative estimate of drug-likeness (QED) is 0.740. The lowest BCUT2D eigenvalue weighted by Crippen LogP contribution is -2.19. The molecule has 6 heteroatoms. The summed E-state index contributed by atoms with van der Waals surface area (Å²) in [6.45, 7) is 2.12. The van der Waals surface area contributed by atoms with Gasteiger partial charge in [-0.25, -0.2) is 4.39 Å². The van der Waals surface area contributed by atoms with Crippen molar-refractivity contribution in [3.05, 3.63) is 60.8 Å². The van der Waals surface area contributed by atoms with E-state index in [0.29, 0.717) is 12.1 Å². The van der Waals surface area contributed by atoms with Crippen LogP contribution in [0.1, 0.15) is 13.3 Å². The molecule has 1 aromatic carbocycles. The van der Waals surface area contributed by atoms with Crippen LogP contribution in [-0.2, 0) is 11.3 Å². The Kier molecular flexibility index (Phi) is 4.88. The molecule has 0 amide bonds. The number of halogens is 1. The standard InChI is InChI=1S/C19H18FN3O2/c1-2-13(19(24)25)11-23-12-17(14-7-9-21-10-8-14)18(22-23)15-3-5-16(20)6-4-15/h3-10,12-13H,2,11H2,1H3,(H,24,25). The van der Waals surface area contributed by atoms with Gasteiger partial charge in [-0.05, 0) is 48.4 Å². The summed E-state index contributed by atoms with van der Waals surface area (Å²) >= 11 is 0. The lowest BCUT2D eigenvalue weighted by Gasteiger charge is -2.09. The number of pyridine rings is 1. The zero-order chi connectivity index (χ0) is 17.8. The van der Waals surface area contributed by atoms with Gasteiger partial charge in [0, 0.05) is 29.7 Å². The van der Waals surface area contributed by atoms with Crippen LogP contribution >= 0.6 is 0 Å². The van der Waals surface area contributed by atoms with Crippen LogP contribution in [0, 0.1) is 11.7 Å². The molecule has 0 spiro atoms. The molecule has 2 heterocycles. The maximum Gasteiger partial charge on any atom is 0.308 e. The fourth-order valence-corrected chi connectivity index (χ4v) is 2.69. The first kappa shape index (κ1) is 16.8. The van der Waals surface area contributed by atoms with E-state index in [0.717, 1.165) is 16.7 Å². The number of carbonyl (C=O) groups is 1. The highest BCUT2D eigenvalue weighted by atomic mass is 19.1. The Morgan fingerprint density at radius 1 is 1.16 bits per heavy atom. The Hall–Kier alpha value is -3.02. The normalized spacial score (nSPS) is 12.1. The maximum atomic E-state index is 13.2. The average molecular weight is 339 g/mol. The van der Waals surface area contributed by atoms with E-state index >= 15 is 0 Å². The van der Waals surface area contributed by atoms with Crippen molar-refractivity contribution in [2.45, 2.75) is 19.9 Å². The van der Waals surface area contributed by atoms with Crippen molar-refractivity contribution in [1.82, 2.24) is 14.8 Å². The minimum atomic E-state index is -0.841. The van der Waals surface area contributed by atoms with Crippen molar-refractivity contribution in [3.63, 3.8) is 0 Å². The third kappa shape index (κ3) is 3.74. The molecule has 0 saturated carbocycles. The van der Waals surface area contributed by atoms with Crippen molar-refractivity contribution >= 4 is 5.97 Å². The molecule has 25 heavy (non-hydrogen) atoms. The summed E-state index contributed by atoms with van der Waals surface area (Å²) in [7, 11) is 0. The first-order chi connectivity index (χ1) is 12.1. The second-order valence-electron chi connectivity index (χ2n) is 5.80. The number of hydrogen-bond donors (Lipinski definition) is 1. The summed E-state index contributed by atoms with van der Waals surface area (Å²) in [5.74, 6) is -1.66. The van der Waals surface area contributed by atoms with Gasteiger partial charge < -0.3 is 5.11 Å². The highest BCUT2D eigenvalue weighted by Gasteiger charge is 2.19. The van der Waals surface area contributed by atoms with Gasteiger partial charge in [-0.3, -0.25) is 14.5 Å². The molecule has 1 unspecified atom stereocenters. The predicted octanol–water partition coefficient (Wildman–Crippen LogP) is 3.86. The molecule has 0 radical (unpaired) electrons. The van der Waals surface area contributed by atoms with Gasteiger partial charge in [-0.1, -0.05) is 6.92 Å². The molecule has 0 saturated heterocycles. The Morgan fingerprint density at radius 2 is 1.84 bits per heavy atom. The van der Waals surface area contributed by atoms with Gasteiger partial charge in [0.05, 0.1) is 12.5 Å². The van der Waals surface area contributed by atoms with E-state index < -0.39 is 11.9 Å². The van der Waals surface area contributed by atoms with Gasteiger partial charge in [0.15, 0.2) is 0 Å². The summed E-state index contributed by atoms with van der Waals surface area (Å²) in [5, 5.41) is 13.9. The van der Waals surface area contributed by atoms with Crippen LogP contribution in [0.15, 0.2) is 55.0 Å². The van der Waals surface area contributed by atoms with E-state index in [-0.39, 0.29) is 12.4 Å². The van der Waals surface area contributed by atoms with E-state index in [4.69, 9.17) is 0 Å². The number of hydrogen-bond acceptors (Lipinski definition) is 3. The largest absolute Gasteiger partial charge is 0.481 e. The number of aliphatic carboxylic acids is 1. The third-order valence-electron chi connectivity index (χ3n) is 4.12. The molecule has 1 N–H and O–H groups in total. The molecule has 0 aliphatic carbocycles. The summed E-state index contributed by atoms with van der Waals surface area (Å²) < 4.78 is 14.9. The van der Waals surface area contributed by atoms with Crippen molar-refractivity contribution in [2.24, 2.45) is 5.92 Å². The van der Waals surface area contributed by atoms with Gasteiger partial charge >= 0.3 is 5.97 Å². The maximum absolute atomic E-state index is 13.2. The number of aromatic nitrogens is 3. The number of carboxylic acids is 1. The van der Waals surface area contributed by atoms with E-state index in [1.807, 2.05) is 25.3 Å². The molecule has 0 aliphatic heterocycles. The Bertz CT molecular complexity index is 860. The van der Waals surface area contributed by atoms with Crippen LogP contribution in [0.4, 0.5) is 4.39 Å². The van der Waals surface area contributed by atoms with E-state index in [2.05, 4.69) is 10.1 Å². The van der Waals surface area contributed by atoms with Gasteiger partial charge in [-0.2, -0.15) is 5.10 Å². The van der Waals surface area contributed by atoms with Gasteiger partial charge in [0.25, 0.3) is 0 Å². The van der Waals surface area contributed by atoms with Crippen LogP contribution in [0.25, 0.3) is 22.4 Å². The van der Waals surface area contributed by atoms with Crippen molar-refractivity contribution in [3.8, 4) is 22.4 Å². The average Bonchev–Trinajstić information content (AvgIpc) is 3.05. The van der Waals surface area contributed by atoms with Crippen molar-refractivity contribution in [2.75, 3.05) is 0 Å². The lowest BCUT2D eigenvalue weighted by molar-refractivity contribution is -0.142. The fourth-order valence-electron chi connectivity index (χ4n) is 2.69. The van der Waals surface area contributed by atoms with E-state index in [1.165, 1.54) is 12.1 Å². The highest BCUT2D eigenvalue weighted by molar-refractivity contribution is 5.80.